The third kappa shape index (κ3) is 4.47. The predicted molar refractivity (Wildman–Crippen MR) is 105 cm³/mol. The van der Waals surface area contributed by atoms with Gasteiger partial charge in [-0.3, -0.25) is 4.98 Å². The molecule has 0 aliphatic carbocycles. The third-order valence-corrected chi connectivity index (χ3v) is 4.69. The summed E-state index contributed by atoms with van der Waals surface area (Å²) in [6.07, 6.45) is 2.87. The van der Waals surface area contributed by atoms with Gasteiger partial charge in [-0.15, -0.1) is 10.2 Å². The molecule has 0 bridgehead atoms. The van der Waals surface area contributed by atoms with Crippen molar-refractivity contribution in [2.45, 2.75) is 12.5 Å². The number of aliphatic hydroxyl groups is 1. The summed E-state index contributed by atoms with van der Waals surface area (Å²) in [6.45, 7) is -3.37. The minimum absolute atomic E-state index is 0.00645. The predicted octanol–water partition coefficient (Wildman–Crippen LogP) is 3.83. The van der Waals surface area contributed by atoms with Crippen molar-refractivity contribution in [3.8, 4) is 23.0 Å². The van der Waals surface area contributed by atoms with E-state index in [9.17, 15) is 22.7 Å². The van der Waals surface area contributed by atoms with Crippen LogP contribution in [0.3, 0.4) is 0 Å². The molecule has 1 atom stereocenters. The number of fused-ring (bicyclic) bond motifs is 1. The van der Waals surface area contributed by atoms with Gasteiger partial charge in [-0.05, 0) is 42.0 Å². The van der Waals surface area contributed by atoms with E-state index >= 15 is 0 Å². The highest BCUT2D eigenvalue weighted by atomic mass is 19.3. The van der Waals surface area contributed by atoms with Gasteiger partial charge in [-0.2, -0.15) is 8.78 Å². The zero-order valence-corrected chi connectivity index (χ0v) is 16.3. The first-order valence-electron chi connectivity index (χ1n) is 9.39. The van der Waals surface area contributed by atoms with Crippen molar-refractivity contribution in [3.63, 3.8) is 0 Å². The summed E-state index contributed by atoms with van der Waals surface area (Å²) in [6, 6.07) is 9.17. The minimum Gasteiger partial charge on any atom is -0.477 e. The summed E-state index contributed by atoms with van der Waals surface area (Å²) < 4.78 is 63.2. The van der Waals surface area contributed by atoms with Crippen LogP contribution in [-0.4, -0.2) is 44.5 Å². The summed E-state index contributed by atoms with van der Waals surface area (Å²) in [5.41, 5.74) is 1.28. The lowest BCUT2D eigenvalue weighted by molar-refractivity contribution is -0.0498. The number of hydrogen-bond acceptors (Lipinski definition) is 6. The van der Waals surface area contributed by atoms with Gasteiger partial charge in [0.2, 0.25) is 5.88 Å². The second-order valence-electron chi connectivity index (χ2n) is 6.73. The molecule has 0 fully saturated rings. The number of halogens is 4. The maximum absolute atomic E-state index is 13.6. The minimum atomic E-state index is -2.94. The molecule has 11 heteroatoms. The van der Waals surface area contributed by atoms with Crippen molar-refractivity contribution >= 4 is 5.65 Å². The Balaban J connectivity index is 1.60. The molecule has 1 unspecified atom stereocenters. The maximum Gasteiger partial charge on any atom is 0.387 e. The molecule has 0 saturated heterocycles. The largest absolute Gasteiger partial charge is 0.477 e. The Morgan fingerprint density at radius 1 is 0.969 bits per heavy atom. The van der Waals surface area contributed by atoms with Crippen LogP contribution in [0.4, 0.5) is 17.6 Å². The first-order valence-corrected chi connectivity index (χ1v) is 9.39. The van der Waals surface area contributed by atoms with Gasteiger partial charge >= 0.3 is 6.61 Å². The number of alkyl halides is 2. The summed E-state index contributed by atoms with van der Waals surface area (Å²) in [5, 5.41) is 17.8. The highest BCUT2D eigenvalue weighted by molar-refractivity contribution is 5.61. The van der Waals surface area contributed by atoms with Crippen LogP contribution in [0.2, 0.25) is 0 Å². The zero-order valence-electron chi connectivity index (χ0n) is 16.3. The van der Waals surface area contributed by atoms with Crippen molar-refractivity contribution in [1.29, 1.82) is 0 Å². The Labute approximate surface area is 178 Å². The smallest absolute Gasteiger partial charge is 0.387 e. The fraction of sp³-hybridized carbons (Fsp3) is 0.190. The van der Waals surface area contributed by atoms with E-state index in [2.05, 4.69) is 19.9 Å². The van der Waals surface area contributed by atoms with E-state index in [-0.39, 0.29) is 24.8 Å². The summed E-state index contributed by atoms with van der Waals surface area (Å²) >= 11 is 0. The van der Waals surface area contributed by atoms with Gasteiger partial charge in [-0.25, -0.2) is 13.2 Å². The molecule has 0 aliphatic heterocycles. The monoisotopic (exact) mass is 448 g/mol. The number of hydrogen-bond donors (Lipinski definition) is 1. The van der Waals surface area contributed by atoms with Gasteiger partial charge in [0, 0.05) is 11.5 Å². The molecule has 1 N–H and O–H groups in total. The highest BCUT2D eigenvalue weighted by Gasteiger charge is 2.18. The second kappa shape index (κ2) is 9.18. The first kappa shape index (κ1) is 21.5. The molecule has 0 radical (unpaired) electrons. The topological polar surface area (TPSA) is 81.8 Å². The molecule has 2 aromatic heterocycles. The van der Waals surface area contributed by atoms with Gasteiger partial charge in [0.15, 0.2) is 23.1 Å². The molecule has 4 rings (SSSR count). The van der Waals surface area contributed by atoms with E-state index < -0.39 is 24.2 Å². The number of ether oxygens (including phenoxy) is 2. The van der Waals surface area contributed by atoms with E-state index in [1.54, 1.807) is 4.40 Å². The molecule has 0 aliphatic rings. The normalized spacial score (nSPS) is 12.3. The third-order valence-electron chi connectivity index (χ3n) is 4.69. The highest BCUT2D eigenvalue weighted by Crippen LogP contribution is 2.26. The van der Waals surface area contributed by atoms with Crippen LogP contribution in [0.25, 0.3) is 17.0 Å². The molecule has 166 valence electrons. The van der Waals surface area contributed by atoms with Crippen molar-refractivity contribution in [2.24, 2.45) is 0 Å². The van der Waals surface area contributed by atoms with Crippen LogP contribution in [0.5, 0.6) is 11.6 Å². The molecular weight excluding hydrogens is 432 g/mol. The van der Waals surface area contributed by atoms with Crippen LogP contribution in [0.15, 0.2) is 54.9 Å². The molecule has 0 amide bonds. The number of aliphatic hydroxyl groups excluding tert-OH is 1. The molecular formula is C21H16F4N4O3. The Bertz CT molecular complexity index is 1220. The molecule has 2 heterocycles. The SMILES string of the molecule is OCC(COc1cncc2nnc(-c3ccc(OC(F)F)cc3)n12)c1ccc(F)c(F)c1. The van der Waals surface area contributed by atoms with Gasteiger partial charge in [0.05, 0.1) is 25.6 Å². The summed E-state index contributed by atoms with van der Waals surface area (Å²) in [5.74, 6) is -2.06. The van der Waals surface area contributed by atoms with Crippen molar-refractivity contribution in [3.05, 3.63) is 72.1 Å². The fourth-order valence-corrected chi connectivity index (χ4v) is 3.10. The Kier molecular flexibility index (Phi) is 6.17. The lowest BCUT2D eigenvalue weighted by atomic mass is 10.0. The standard InChI is InChI=1S/C21H16F4N4O3/c22-16-6-3-13(7-17(16)23)14(10-30)11-31-19-9-26-8-18-27-28-20(29(18)19)12-1-4-15(5-2-12)32-21(24)25/h1-9,14,21,30H,10-11H2. The van der Waals surface area contributed by atoms with E-state index in [0.29, 0.717) is 22.6 Å². The molecule has 7 nitrogen and oxygen atoms in total. The first-order chi connectivity index (χ1) is 15.5. The number of aromatic nitrogens is 4. The van der Waals surface area contributed by atoms with E-state index in [1.165, 1.54) is 42.7 Å². The van der Waals surface area contributed by atoms with E-state index in [4.69, 9.17) is 4.74 Å². The van der Waals surface area contributed by atoms with Crippen molar-refractivity contribution in [1.82, 2.24) is 19.6 Å². The van der Waals surface area contributed by atoms with Crippen LogP contribution in [0, 0.1) is 11.6 Å². The number of benzene rings is 2. The van der Waals surface area contributed by atoms with Gasteiger partial charge in [0.25, 0.3) is 0 Å². The van der Waals surface area contributed by atoms with Crippen LogP contribution in [0.1, 0.15) is 11.5 Å². The summed E-state index contributed by atoms with van der Waals surface area (Å²) in [7, 11) is 0. The molecule has 0 saturated carbocycles. The van der Waals surface area contributed by atoms with Crippen molar-refractivity contribution in [2.75, 3.05) is 13.2 Å². The fourth-order valence-electron chi connectivity index (χ4n) is 3.10. The number of rotatable bonds is 8. The Hall–Kier alpha value is -3.73. The Morgan fingerprint density at radius 2 is 1.75 bits per heavy atom. The van der Waals surface area contributed by atoms with Gasteiger partial charge in [-0.1, -0.05) is 6.07 Å². The molecule has 2 aromatic carbocycles. The van der Waals surface area contributed by atoms with E-state index in [0.717, 1.165) is 12.1 Å². The average Bonchev–Trinajstić information content (AvgIpc) is 3.21. The maximum atomic E-state index is 13.6. The van der Waals surface area contributed by atoms with Crippen LogP contribution in [-0.2, 0) is 0 Å². The average molecular weight is 448 g/mol. The zero-order chi connectivity index (χ0) is 22.7. The number of nitrogens with zero attached hydrogens (tertiary/aromatic N) is 4. The lowest BCUT2D eigenvalue weighted by Gasteiger charge is -2.17. The molecule has 32 heavy (non-hydrogen) atoms. The lowest BCUT2D eigenvalue weighted by Crippen LogP contribution is -2.16. The van der Waals surface area contributed by atoms with Crippen LogP contribution >= 0.6 is 0 Å². The van der Waals surface area contributed by atoms with E-state index in [1.807, 2.05) is 0 Å². The van der Waals surface area contributed by atoms with Gasteiger partial charge < -0.3 is 14.6 Å². The molecule has 4 aromatic rings. The van der Waals surface area contributed by atoms with Crippen molar-refractivity contribution < 1.29 is 32.1 Å². The quantitative estimate of drug-likeness (QED) is 0.413. The van der Waals surface area contributed by atoms with Crippen LogP contribution < -0.4 is 9.47 Å². The Morgan fingerprint density at radius 3 is 2.44 bits per heavy atom. The summed E-state index contributed by atoms with van der Waals surface area (Å²) in [4.78, 5) is 4.05. The second-order valence-corrected chi connectivity index (χ2v) is 6.73. The van der Waals surface area contributed by atoms with Gasteiger partial charge in [0.1, 0.15) is 5.75 Å². The molecule has 0 spiro atoms.